The number of rotatable bonds is 6. The van der Waals surface area contributed by atoms with E-state index in [-0.39, 0.29) is 6.10 Å². The van der Waals surface area contributed by atoms with Crippen LogP contribution in [0.5, 0.6) is 0 Å². The van der Waals surface area contributed by atoms with Crippen molar-refractivity contribution in [1.29, 1.82) is 0 Å². The summed E-state index contributed by atoms with van der Waals surface area (Å²) in [6.07, 6.45) is 2.22. The lowest BCUT2D eigenvalue weighted by Crippen LogP contribution is -2.42. The van der Waals surface area contributed by atoms with Crippen molar-refractivity contribution in [1.82, 2.24) is 4.90 Å². The van der Waals surface area contributed by atoms with Gasteiger partial charge in [-0.05, 0) is 56.1 Å². The number of likely N-dealkylation sites (N-methyl/N-ethyl adjacent to an activating group) is 1. The molecule has 1 aromatic carbocycles. The number of likely N-dealkylation sites (tertiary alicyclic amines) is 1. The number of β-amino-alcohol motifs (C(OH)–C–C–N with tert-alkyl or cyclic N) is 1. The van der Waals surface area contributed by atoms with E-state index in [1.54, 1.807) is 0 Å². The van der Waals surface area contributed by atoms with Gasteiger partial charge in [0.05, 0.1) is 6.10 Å². The average Bonchev–Trinajstić information content (AvgIpc) is 2.49. The molecule has 0 radical (unpaired) electrons. The van der Waals surface area contributed by atoms with E-state index in [0.29, 0.717) is 6.54 Å². The first-order valence-electron chi connectivity index (χ1n) is 8.34. The Bertz CT molecular complexity index is 438. The smallest absolute Gasteiger partial charge is 0.0841 e. The largest absolute Gasteiger partial charge is 0.390 e. The Balaban J connectivity index is 1.81. The van der Waals surface area contributed by atoms with Crippen LogP contribution >= 0.6 is 0 Å². The lowest BCUT2D eigenvalue weighted by molar-refractivity contribution is 0.0958. The van der Waals surface area contributed by atoms with Crippen molar-refractivity contribution < 1.29 is 5.11 Å². The third-order valence-corrected chi connectivity index (χ3v) is 4.64. The topological polar surface area (TPSA) is 30.0 Å². The molecule has 124 valence electrons. The number of aliphatic hydroxyl groups is 1. The van der Waals surface area contributed by atoms with Gasteiger partial charge in [-0.2, -0.15) is 0 Å². The van der Waals surface area contributed by atoms with Crippen LogP contribution in [0, 0.1) is 5.92 Å². The van der Waals surface area contributed by atoms with Gasteiger partial charge in [-0.3, -0.25) is 0 Å². The molecule has 0 spiro atoms. The van der Waals surface area contributed by atoms with Crippen LogP contribution < -0.4 is 9.80 Å². The number of anilines is 2. The van der Waals surface area contributed by atoms with Crippen molar-refractivity contribution in [2.45, 2.75) is 25.9 Å². The van der Waals surface area contributed by atoms with Crippen LogP contribution in [0.3, 0.4) is 0 Å². The molecule has 1 fully saturated rings. The lowest BCUT2D eigenvalue weighted by Gasteiger charge is -2.33. The monoisotopic (exact) mass is 305 g/mol. The Morgan fingerprint density at radius 1 is 1.09 bits per heavy atom. The number of hydrogen-bond donors (Lipinski definition) is 1. The molecule has 1 aliphatic heterocycles. The second kappa shape index (κ2) is 7.84. The van der Waals surface area contributed by atoms with Crippen LogP contribution in [-0.4, -0.2) is 63.4 Å². The SMILES string of the molecule is CC1CCN(CC(O)CN(C)c2ccc(N(C)C)cc2)CC1. The zero-order valence-corrected chi connectivity index (χ0v) is 14.5. The maximum absolute atomic E-state index is 10.4. The van der Waals surface area contributed by atoms with E-state index < -0.39 is 0 Å². The Labute approximate surface area is 135 Å². The van der Waals surface area contributed by atoms with Crippen molar-refractivity contribution >= 4 is 11.4 Å². The molecule has 0 bridgehead atoms. The quantitative estimate of drug-likeness (QED) is 0.873. The molecule has 0 aliphatic carbocycles. The fraction of sp³-hybridized carbons (Fsp3) is 0.667. The van der Waals surface area contributed by atoms with Crippen molar-refractivity contribution in [3.63, 3.8) is 0 Å². The third-order valence-electron chi connectivity index (χ3n) is 4.64. The van der Waals surface area contributed by atoms with Gasteiger partial charge in [-0.15, -0.1) is 0 Å². The zero-order valence-electron chi connectivity index (χ0n) is 14.5. The van der Waals surface area contributed by atoms with Gasteiger partial charge in [-0.1, -0.05) is 6.92 Å². The van der Waals surface area contributed by atoms with Gasteiger partial charge in [-0.25, -0.2) is 0 Å². The van der Waals surface area contributed by atoms with Crippen molar-refractivity contribution in [2.75, 3.05) is 57.1 Å². The molecule has 4 nitrogen and oxygen atoms in total. The van der Waals surface area contributed by atoms with Gasteiger partial charge < -0.3 is 19.8 Å². The number of aliphatic hydroxyl groups excluding tert-OH is 1. The number of piperidine rings is 1. The summed E-state index contributed by atoms with van der Waals surface area (Å²) in [4.78, 5) is 6.63. The Kier molecular flexibility index (Phi) is 6.09. The second-order valence-electron chi connectivity index (χ2n) is 6.93. The summed E-state index contributed by atoms with van der Waals surface area (Å²) >= 11 is 0. The van der Waals surface area contributed by atoms with Crippen LogP contribution in [0.4, 0.5) is 11.4 Å². The van der Waals surface area contributed by atoms with Gasteiger partial charge in [0.1, 0.15) is 0 Å². The second-order valence-corrected chi connectivity index (χ2v) is 6.93. The summed E-state index contributed by atoms with van der Waals surface area (Å²) in [6.45, 7) is 6.03. The Hall–Kier alpha value is -1.26. The molecule has 1 heterocycles. The van der Waals surface area contributed by atoms with E-state index in [1.807, 2.05) is 21.1 Å². The molecule has 1 atom stereocenters. The van der Waals surface area contributed by atoms with Crippen LogP contribution in [-0.2, 0) is 0 Å². The van der Waals surface area contributed by atoms with Crippen LogP contribution in [0.25, 0.3) is 0 Å². The summed E-state index contributed by atoms with van der Waals surface area (Å²) in [6, 6.07) is 8.46. The minimum absolute atomic E-state index is 0.299. The van der Waals surface area contributed by atoms with Gasteiger partial charge in [0, 0.05) is 45.6 Å². The maximum atomic E-state index is 10.4. The van der Waals surface area contributed by atoms with E-state index >= 15 is 0 Å². The fourth-order valence-electron chi connectivity index (χ4n) is 3.03. The molecular formula is C18H31N3O. The minimum Gasteiger partial charge on any atom is -0.390 e. The van der Waals surface area contributed by atoms with E-state index in [0.717, 1.165) is 31.2 Å². The third kappa shape index (κ3) is 4.89. The van der Waals surface area contributed by atoms with Gasteiger partial charge in [0.2, 0.25) is 0 Å². The molecule has 1 N–H and O–H groups in total. The first-order chi connectivity index (χ1) is 10.5. The van der Waals surface area contributed by atoms with E-state index in [2.05, 4.69) is 45.9 Å². The molecular weight excluding hydrogens is 274 g/mol. The summed E-state index contributed by atoms with van der Waals surface area (Å²) in [5.41, 5.74) is 2.34. The highest BCUT2D eigenvalue weighted by atomic mass is 16.3. The Morgan fingerprint density at radius 2 is 1.64 bits per heavy atom. The summed E-state index contributed by atoms with van der Waals surface area (Å²) in [5, 5.41) is 10.4. The molecule has 1 aliphatic rings. The molecule has 22 heavy (non-hydrogen) atoms. The number of hydrogen-bond acceptors (Lipinski definition) is 4. The highest BCUT2D eigenvalue weighted by Gasteiger charge is 2.19. The summed E-state index contributed by atoms with van der Waals surface area (Å²) < 4.78 is 0. The lowest BCUT2D eigenvalue weighted by atomic mass is 9.99. The van der Waals surface area contributed by atoms with Crippen molar-refractivity contribution in [2.24, 2.45) is 5.92 Å². The van der Waals surface area contributed by atoms with Crippen LogP contribution in [0.15, 0.2) is 24.3 Å². The van der Waals surface area contributed by atoms with E-state index in [9.17, 15) is 5.11 Å². The summed E-state index contributed by atoms with van der Waals surface area (Å²) in [5.74, 6) is 0.839. The molecule has 1 saturated heterocycles. The predicted octanol–water partition coefficient (Wildman–Crippen LogP) is 2.28. The van der Waals surface area contributed by atoms with Gasteiger partial charge >= 0.3 is 0 Å². The zero-order chi connectivity index (χ0) is 16.1. The molecule has 0 saturated carbocycles. The van der Waals surface area contributed by atoms with E-state index in [1.165, 1.54) is 18.5 Å². The Morgan fingerprint density at radius 3 is 2.18 bits per heavy atom. The van der Waals surface area contributed by atoms with Crippen molar-refractivity contribution in [3.05, 3.63) is 24.3 Å². The standard InChI is InChI=1S/C18H31N3O/c1-15-9-11-21(12-10-15)14-18(22)13-20(4)17-7-5-16(6-8-17)19(2)3/h5-8,15,18,22H,9-14H2,1-4H3. The minimum atomic E-state index is -0.299. The normalized spacial score (nSPS) is 18.2. The molecule has 0 aromatic heterocycles. The number of nitrogens with zero attached hydrogens (tertiary/aromatic N) is 3. The molecule has 2 rings (SSSR count). The van der Waals surface area contributed by atoms with Crippen LogP contribution in [0.1, 0.15) is 19.8 Å². The fourth-order valence-corrected chi connectivity index (χ4v) is 3.03. The predicted molar refractivity (Wildman–Crippen MR) is 94.9 cm³/mol. The molecule has 0 amide bonds. The van der Waals surface area contributed by atoms with Crippen LogP contribution in [0.2, 0.25) is 0 Å². The number of benzene rings is 1. The highest BCUT2D eigenvalue weighted by Crippen LogP contribution is 2.19. The van der Waals surface area contributed by atoms with Crippen molar-refractivity contribution in [3.8, 4) is 0 Å². The first kappa shape index (κ1) is 17.1. The van der Waals surface area contributed by atoms with Gasteiger partial charge in [0.25, 0.3) is 0 Å². The molecule has 4 heteroatoms. The van der Waals surface area contributed by atoms with E-state index in [4.69, 9.17) is 0 Å². The highest BCUT2D eigenvalue weighted by molar-refractivity contribution is 5.55. The maximum Gasteiger partial charge on any atom is 0.0841 e. The summed E-state index contributed by atoms with van der Waals surface area (Å²) in [7, 11) is 6.13. The first-order valence-corrected chi connectivity index (χ1v) is 8.34. The molecule has 1 aromatic rings. The van der Waals surface area contributed by atoms with Gasteiger partial charge in [0.15, 0.2) is 0 Å². The average molecular weight is 305 g/mol. The molecule has 1 unspecified atom stereocenters.